The second-order valence-electron chi connectivity index (χ2n) is 4.06. The number of amides is 1. The van der Waals surface area contributed by atoms with Crippen molar-refractivity contribution in [3.63, 3.8) is 0 Å². The van der Waals surface area contributed by atoms with Gasteiger partial charge in [0, 0.05) is 25.4 Å². The molecule has 0 aliphatic heterocycles. The van der Waals surface area contributed by atoms with Crippen LogP contribution >= 0.6 is 11.6 Å². The van der Waals surface area contributed by atoms with Gasteiger partial charge in [-0.1, -0.05) is 37.3 Å². The number of carbonyl (C=O) groups excluding carboxylic acids is 1. The van der Waals surface area contributed by atoms with Crippen LogP contribution < -0.4 is 0 Å². The van der Waals surface area contributed by atoms with Crippen LogP contribution in [0.2, 0.25) is 0 Å². The molecule has 0 heterocycles. The molecule has 0 saturated carbocycles. The first-order valence-corrected chi connectivity index (χ1v) is 6.69. The Kier molecular flexibility index (Phi) is 6.71. The Labute approximate surface area is 109 Å². The van der Waals surface area contributed by atoms with Crippen molar-refractivity contribution < 1.29 is 4.79 Å². The average molecular weight is 254 g/mol. The van der Waals surface area contributed by atoms with Crippen molar-refractivity contribution in [1.82, 2.24) is 4.90 Å². The molecule has 1 aromatic rings. The zero-order valence-electron chi connectivity index (χ0n) is 10.4. The number of alkyl halides is 1. The highest BCUT2D eigenvalue weighted by Crippen LogP contribution is 2.05. The summed E-state index contributed by atoms with van der Waals surface area (Å²) in [7, 11) is 0. The topological polar surface area (TPSA) is 20.3 Å². The second-order valence-corrected chi connectivity index (χ2v) is 4.43. The fraction of sp³-hybridized carbons (Fsp3) is 0.500. The normalized spacial score (nSPS) is 10.2. The van der Waals surface area contributed by atoms with Crippen molar-refractivity contribution in [3.8, 4) is 0 Å². The highest BCUT2D eigenvalue weighted by atomic mass is 35.5. The molecule has 1 amide bonds. The summed E-state index contributed by atoms with van der Waals surface area (Å²) in [6.45, 7) is 3.54. The van der Waals surface area contributed by atoms with Gasteiger partial charge in [-0.3, -0.25) is 4.79 Å². The van der Waals surface area contributed by atoms with Crippen LogP contribution in [0.15, 0.2) is 30.3 Å². The zero-order chi connectivity index (χ0) is 12.5. The molecule has 0 atom stereocenters. The number of nitrogens with zero attached hydrogens (tertiary/aromatic N) is 1. The number of rotatable bonds is 7. The van der Waals surface area contributed by atoms with Crippen molar-refractivity contribution in [3.05, 3.63) is 35.9 Å². The summed E-state index contributed by atoms with van der Waals surface area (Å²) in [6, 6.07) is 10.1. The third-order valence-electron chi connectivity index (χ3n) is 2.67. The fourth-order valence-electron chi connectivity index (χ4n) is 1.79. The largest absolute Gasteiger partial charge is 0.342 e. The maximum absolute atomic E-state index is 12.0. The fourth-order valence-corrected chi connectivity index (χ4v) is 1.99. The summed E-state index contributed by atoms with van der Waals surface area (Å²) >= 11 is 5.70. The van der Waals surface area contributed by atoms with E-state index in [2.05, 4.69) is 19.1 Å². The lowest BCUT2D eigenvalue weighted by atomic mass is 10.1. The zero-order valence-corrected chi connectivity index (χ0v) is 11.1. The van der Waals surface area contributed by atoms with E-state index < -0.39 is 0 Å². The van der Waals surface area contributed by atoms with Crippen molar-refractivity contribution in [2.24, 2.45) is 0 Å². The van der Waals surface area contributed by atoms with Crippen LogP contribution in [0.5, 0.6) is 0 Å². The summed E-state index contributed by atoms with van der Waals surface area (Å²) in [6.07, 6.45) is 2.36. The Balaban J connectivity index is 2.41. The molecule has 0 N–H and O–H groups in total. The third-order valence-corrected chi connectivity index (χ3v) is 2.84. The van der Waals surface area contributed by atoms with Gasteiger partial charge in [-0.05, 0) is 18.4 Å². The molecule has 1 rings (SSSR count). The lowest BCUT2D eigenvalue weighted by molar-refractivity contribution is -0.130. The molecule has 94 valence electrons. The molecule has 0 aromatic heterocycles. The summed E-state index contributed by atoms with van der Waals surface area (Å²) < 4.78 is 0. The van der Waals surface area contributed by atoms with Gasteiger partial charge in [-0.25, -0.2) is 0 Å². The van der Waals surface area contributed by atoms with Crippen LogP contribution in [0.1, 0.15) is 25.3 Å². The Morgan fingerprint density at radius 1 is 1.24 bits per heavy atom. The third kappa shape index (κ3) is 5.22. The first-order chi connectivity index (χ1) is 8.27. The maximum atomic E-state index is 12.0. The predicted molar refractivity (Wildman–Crippen MR) is 72.4 cm³/mol. The lowest BCUT2D eigenvalue weighted by Crippen LogP contribution is -2.33. The summed E-state index contributed by atoms with van der Waals surface area (Å²) in [5.74, 6) is 0.716. The summed E-state index contributed by atoms with van der Waals surface area (Å²) in [5, 5.41) is 0. The molecule has 1 aromatic carbocycles. The quantitative estimate of drug-likeness (QED) is 0.684. The van der Waals surface area contributed by atoms with Crippen LogP contribution in [-0.4, -0.2) is 29.8 Å². The molecular formula is C14H20ClNO. The number of benzene rings is 1. The van der Waals surface area contributed by atoms with Gasteiger partial charge in [0.2, 0.25) is 5.91 Å². The summed E-state index contributed by atoms with van der Waals surface area (Å²) in [5.41, 5.74) is 1.21. The van der Waals surface area contributed by atoms with Crippen molar-refractivity contribution >= 4 is 17.5 Å². The molecule has 0 saturated heterocycles. The van der Waals surface area contributed by atoms with E-state index >= 15 is 0 Å². The Hall–Kier alpha value is -1.02. The average Bonchev–Trinajstić information content (AvgIpc) is 2.37. The van der Waals surface area contributed by atoms with E-state index in [9.17, 15) is 4.79 Å². The van der Waals surface area contributed by atoms with Crippen LogP contribution in [0.25, 0.3) is 0 Å². The Morgan fingerprint density at radius 3 is 2.53 bits per heavy atom. The van der Waals surface area contributed by atoms with Gasteiger partial charge in [0.25, 0.3) is 0 Å². The molecule has 2 nitrogen and oxygen atoms in total. The number of halogens is 1. The molecule has 0 aliphatic rings. The van der Waals surface area contributed by atoms with E-state index in [1.807, 2.05) is 23.1 Å². The maximum Gasteiger partial charge on any atom is 0.222 e. The van der Waals surface area contributed by atoms with Crippen LogP contribution in [-0.2, 0) is 11.2 Å². The van der Waals surface area contributed by atoms with Crippen LogP contribution in [0.3, 0.4) is 0 Å². The highest BCUT2D eigenvalue weighted by Gasteiger charge is 2.11. The molecule has 0 spiro atoms. The molecule has 0 unspecified atom stereocenters. The van der Waals surface area contributed by atoms with E-state index in [0.717, 1.165) is 19.4 Å². The van der Waals surface area contributed by atoms with Crippen molar-refractivity contribution in [2.45, 2.75) is 26.2 Å². The van der Waals surface area contributed by atoms with E-state index in [1.54, 1.807) is 0 Å². The molecule has 0 radical (unpaired) electrons. The minimum absolute atomic E-state index is 0.205. The van der Waals surface area contributed by atoms with Gasteiger partial charge in [-0.2, -0.15) is 0 Å². The van der Waals surface area contributed by atoms with E-state index in [1.165, 1.54) is 5.56 Å². The van der Waals surface area contributed by atoms with Gasteiger partial charge in [0.15, 0.2) is 0 Å². The molecule has 3 heteroatoms. The standard InChI is InChI=1S/C14H20ClNO/c1-2-11-16(12-10-15)14(17)9-8-13-6-4-3-5-7-13/h3-7H,2,8-12H2,1H3. The number of aryl methyl sites for hydroxylation is 1. The van der Waals surface area contributed by atoms with E-state index in [0.29, 0.717) is 18.8 Å². The number of carbonyl (C=O) groups is 1. The Morgan fingerprint density at radius 2 is 1.94 bits per heavy atom. The molecule has 17 heavy (non-hydrogen) atoms. The van der Waals surface area contributed by atoms with Crippen LogP contribution in [0.4, 0.5) is 0 Å². The summed E-state index contributed by atoms with van der Waals surface area (Å²) in [4.78, 5) is 13.8. The van der Waals surface area contributed by atoms with Crippen molar-refractivity contribution in [1.29, 1.82) is 0 Å². The molecule has 0 aliphatic carbocycles. The van der Waals surface area contributed by atoms with E-state index in [-0.39, 0.29) is 5.91 Å². The smallest absolute Gasteiger partial charge is 0.222 e. The lowest BCUT2D eigenvalue weighted by Gasteiger charge is -2.20. The monoisotopic (exact) mass is 253 g/mol. The minimum Gasteiger partial charge on any atom is -0.342 e. The number of hydrogen-bond donors (Lipinski definition) is 0. The van der Waals surface area contributed by atoms with E-state index in [4.69, 9.17) is 11.6 Å². The first-order valence-electron chi connectivity index (χ1n) is 6.15. The minimum atomic E-state index is 0.205. The van der Waals surface area contributed by atoms with Crippen LogP contribution in [0, 0.1) is 0 Å². The highest BCUT2D eigenvalue weighted by molar-refractivity contribution is 6.18. The first kappa shape index (κ1) is 14.0. The number of hydrogen-bond acceptors (Lipinski definition) is 1. The van der Waals surface area contributed by atoms with Crippen molar-refractivity contribution in [2.75, 3.05) is 19.0 Å². The van der Waals surface area contributed by atoms with Gasteiger partial charge < -0.3 is 4.90 Å². The Bertz CT molecular complexity index is 320. The predicted octanol–water partition coefficient (Wildman–Crippen LogP) is 3.10. The van der Waals surface area contributed by atoms with Gasteiger partial charge >= 0.3 is 0 Å². The SMILES string of the molecule is CCCN(CCCl)C(=O)CCc1ccccc1. The molecule has 0 fully saturated rings. The van der Waals surface area contributed by atoms with Gasteiger partial charge in [0.1, 0.15) is 0 Å². The molecule has 0 bridgehead atoms. The van der Waals surface area contributed by atoms with Gasteiger partial charge in [0.05, 0.1) is 0 Å². The molecular weight excluding hydrogens is 234 g/mol. The second kappa shape index (κ2) is 8.13. The van der Waals surface area contributed by atoms with Gasteiger partial charge in [-0.15, -0.1) is 11.6 Å².